The predicted molar refractivity (Wildman–Crippen MR) is 134 cm³/mol. The molecule has 8 heteroatoms. The van der Waals surface area contributed by atoms with Gasteiger partial charge in [0.2, 0.25) is 5.91 Å². The van der Waals surface area contributed by atoms with E-state index in [0.717, 1.165) is 36.8 Å². The molecule has 1 aromatic carbocycles. The summed E-state index contributed by atoms with van der Waals surface area (Å²) in [5.74, 6) is -1.15. The molecule has 4 rings (SSSR count). The number of hydrogen-bond donors (Lipinski definition) is 1. The summed E-state index contributed by atoms with van der Waals surface area (Å²) in [7, 11) is 0. The van der Waals surface area contributed by atoms with Crippen LogP contribution in [0.3, 0.4) is 0 Å². The Labute approximate surface area is 207 Å². The molecule has 1 aromatic heterocycles. The Hall–Kier alpha value is -3.16. The number of ether oxygens (including phenoxy) is 1. The second-order valence-corrected chi connectivity index (χ2v) is 9.99. The minimum absolute atomic E-state index is 0.0694. The molecular weight excluding hydrogens is 444 g/mol. The number of amides is 2. The van der Waals surface area contributed by atoms with Gasteiger partial charge in [0.15, 0.2) is 5.69 Å². The molecule has 0 saturated heterocycles. The van der Waals surface area contributed by atoms with E-state index in [9.17, 15) is 14.4 Å². The molecule has 1 aliphatic carbocycles. The number of anilines is 1. The maximum absolute atomic E-state index is 13.9. The van der Waals surface area contributed by atoms with E-state index in [4.69, 9.17) is 4.74 Å². The van der Waals surface area contributed by atoms with Crippen LogP contribution in [0.5, 0.6) is 0 Å². The molecule has 2 amide bonds. The highest BCUT2D eigenvalue weighted by Crippen LogP contribution is 2.34. The fraction of sp³-hybridized carbons (Fsp3) is 0.556. The van der Waals surface area contributed by atoms with Gasteiger partial charge < -0.3 is 10.1 Å². The lowest BCUT2D eigenvalue weighted by molar-refractivity contribution is -0.127. The monoisotopic (exact) mass is 480 g/mol. The van der Waals surface area contributed by atoms with Gasteiger partial charge >= 0.3 is 5.97 Å². The highest BCUT2D eigenvalue weighted by Gasteiger charge is 2.49. The lowest BCUT2D eigenvalue weighted by Gasteiger charge is -2.44. The van der Waals surface area contributed by atoms with Gasteiger partial charge in [-0.05, 0) is 63.8 Å². The van der Waals surface area contributed by atoms with Crippen LogP contribution in [0.1, 0.15) is 90.9 Å². The number of benzene rings is 1. The number of nitrogens with one attached hydrogen (secondary N) is 1. The number of carbonyl (C=O) groups is 3. The molecule has 1 fully saturated rings. The number of carbonyl (C=O) groups excluding carboxylic acids is 3. The molecule has 1 aliphatic heterocycles. The van der Waals surface area contributed by atoms with E-state index < -0.39 is 11.5 Å². The highest BCUT2D eigenvalue weighted by atomic mass is 16.5. The van der Waals surface area contributed by atoms with Gasteiger partial charge in [0.05, 0.1) is 13.2 Å². The van der Waals surface area contributed by atoms with Crippen LogP contribution in [-0.2, 0) is 16.1 Å². The zero-order chi connectivity index (χ0) is 25.2. The Morgan fingerprint density at radius 3 is 2.43 bits per heavy atom. The summed E-state index contributed by atoms with van der Waals surface area (Å²) in [6.07, 6.45) is 7.69. The summed E-state index contributed by atoms with van der Waals surface area (Å²) in [4.78, 5) is 41.6. The maximum Gasteiger partial charge on any atom is 0.358 e. The van der Waals surface area contributed by atoms with Crippen molar-refractivity contribution in [2.24, 2.45) is 0 Å². The molecule has 2 heterocycles. The summed E-state index contributed by atoms with van der Waals surface area (Å²) in [5.41, 5.74) is 1.91. The number of hydrogen-bond acceptors (Lipinski definition) is 5. The summed E-state index contributed by atoms with van der Waals surface area (Å²) < 4.78 is 6.56. The molecule has 0 radical (unpaired) electrons. The van der Waals surface area contributed by atoms with Crippen LogP contribution in [0.2, 0.25) is 0 Å². The molecule has 35 heavy (non-hydrogen) atoms. The van der Waals surface area contributed by atoms with E-state index in [2.05, 4.69) is 10.4 Å². The van der Waals surface area contributed by atoms with E-state index in [-0.39, 0.29) is 42.4 Å². The van der Waals surface area contributed by atoms with Crippen molar-refractivity contribution in [3.8, 4) is 0 Å². The average molecular weight is 481 g/mol. The number of aromatic nitrogens is 2. The van der Waals surface area contributed by atoms with Crippen molar-refractivity contribution in [1.82, 2.24) is 15.1 Å². The Morgan fingerprint density at radius 2 is 1.77 bits per heavy atom. The predicted octanol–water partition coefficient (Wildman–Crippen LogP) is 4.32. The number of aryl methyl sites for hydroxylation is 2. The van der Waals surface area contributed by atoms with Gasteiger partial charge in [0, 0.05) is 17.8 Å². The first-order chi connectivity index (χ1) is 16.7. The van der Waals surface area contributed by atoms with Crippen LogP contribution in [0.4, 0.5) is 5.69 Å². The number of esters is 1. The Kier molecular flexibility index (Phi) is 7.28. The third-order valence-electron chi connectivity index (χ3n) is 7.32. The van der Waals surface area contributed by atoms with Gasteiger partial charge in [-0.3, -0.25) is 19.2 Å². The van der Waals surface area contributed by atoms with E-state index in [1.165, 1.54) is 30.0 Å². The summed E-state index contributed by atoms with van der Waals surface area (Å²) in [6.45, 7) is 7.86. The SMILES string of the molecule is CCOC(=O)c1cc2n(n1)C[C@@](C)(C(=O)NC1CCCCCCC1)N(c1ccc(C)c(C)c1)C2=O. The fourth-order valence-electron chi connectivity index (χ4n) is 5.10. The van der Waals surface area contributed by atoms with Gasteiger partial charge in [-0.1, -0.05) is 38.2 Å². The van der Waals surface area contributed by atoms with Crippen LogP contribution in [0.25, 0.3) is 0 Å². The number of fused-ring (bicyclic) bond motifs is 1. The van der Waals surface area contributed by atoms with Gasteiger partial charge in [-0.2, -0.15) is 5.10 Å². The van der Waals surface area contributed by atoms with Gasteiger partial charge in [-0.25, -0.2) is 4.79 Å². The molecule has 188 valence electrons. The number of nitrogens with zero attached hydrogens (tertiary/aromatic N) is 3. The molecule has 1 saturated carbocycles. The minimum Gasteiger partial charge on any atom is -0.461 e. The normalized spacial score (nSPS) is 21.1. The Balaban J connectivity index is 1.73. The van der Waals surface area contributed by atoms with Gasteiger partial charge in [0.25, 0.3) is 5.91 Å². The van der Waals surface area contributed by atoms with E-state index in [0.29, 0.717) is 5.69 Å². The van der Waals surface area contributed by atoms with Crippen molar-refractivity contribution in [2.45, 2.75) is 90.8 Å². The molecule has 0 bridgehead atoms. The van der Waals surface area contributed by atoms with Crippen LogP contribution < -0.4 is 10.2 Å². The van der Waals surface area contributed by atoms with Crippen molar-refractivity contribution in [1.29, 1.82) is 0 Å². The maximum atomic E-state index is 13.9. The standard InChI is InChI=1S/C27H36N4O4/c1-5-35-25(33)22-16-23-24(32)31(21-14-13-18(2)19(3)15-21)27(4,17-30(23)29-22)26(34)28-20-11-9-7-6-8-10-12-20/h13-16,20H,5-12,17H2,1-4H3,(H,28,34)/t27-/m0/s1. The lowest BCUT2D eigenvalue weighted by Crippen LogP contribution is -2.65. The second-order valence-electron chi connectivity index (χ2n) is 9.99. The second kappa shape index (κ2) is 10.2. The minimum atomic E-state index is -1.22. The largest absolute Gasteiger partial charge is 0.461 e. The Bertz CT molecular complexity index is 1120. The first-order valence-corrected chi connectivity index (χ1v) is 12.7. The van der Waals surface area contributed by atoms with Crippen molar-refractivity contribution in [2.75, 3.05) is 11.5 Å². The molecule has 2 aromatic rings. The van der Waals surface area contributed by atoms with E-state index in [1.807, 2.05) is 32.0 Å². The smallest absolute Gasteiger partial charge is 0.358 e. The molecule has 0 spiro atoms. The zero-order valence-electron chi connectivity index (χ0n) is 21.2. The van der Waals surface area contributed by atoms with Crippen LogP contribution in [-0.4, -0.2) is 45.8 Å². The first kappa shape index (κ1) is 24.9. The van der Waals surface area contributed by atoms with Gasteiger partial charge in [0.1, 0.15) is 11.2 Å². The summed E-state index contributed by atoms with van der Waals surface area (Å²) >= 11 is 0. The van der Waals surface area contributed by atoms with Crippen molar-refractivity contribution in [3.05, 3.63) is 46.8 Å². The molecule has 1 N–H and O–H groups in total. The molecular formula is C27H36N4O4. The summed E-state index contributed by atoms with van der Waals surface area (Å²) in [5, 5.41) is 7.60. The zero-order valence-corrected chi connectivity index (χ0v) is 21.2. The Morgan fingerprint density at radius 1 is 1.09 bits per heavy atom. The number of rotatable bonds is 5. The fourth-order valence-corrected chi connectivity index (χ4v) is 5.10. The van der Waals surface area contributed by atoms with Gasteiger partial charge in [-0.15, -0.1) is 0 Å². The van der Waals surface area contributed by atoms with Crippen molar-refractivity contribution >= 4 is 23.5 Å². The average Bonchev–Trinajstić information content (AvgIpc) is 3.22. The van der Waals surface area contributed by atoms with Crippen molar-refractivity contribution in [3.63, 3.8) is 0 Å². The van der Waals surface area contributed by atoms with E-state index >= 15 is 0 Å². The summed E-state index contributed by atoms with van der Waals surface area (Å²) in [6, 6.07) is 7.32. The quantitative estimate of drug-likeness (QED) is 0.643. The van der Waals surface area contributed by atoms with Crippen LogP contribution >= 0.6 is 0 Å². The molecule has 0 unspecified atom stereocenters. The van der Waals surface area contributed by atoms with Crippen LogP contribution in [0.15, 0.2) is 24.3 Å². The molecule has 8 nitrogen and oxygen atoms in total. The first-order valence-electron chi connectivity index (χ1n) is 12.7. The van der Waals surface area contributed by atoms with Crippen LogP contribution in [0, 0.1) is 13.8 Å². The highest BCUT2D eigenvalue weighted by molar-refractivity contribution is 6.12. The molecule has 2 aliphatic rings. The lowest BCUT2D eigenvalue weighted by atomic mass is 9.91. The topological polar surface area (TPSA) is 93.5 Å². The third kappa shape index (κ3) is 4.97. The van der Waals surface area contributed by atoms with E-state index in [1.54, 1.807) is 18.7 Å². The van der Waals surface area contributed by atoms with Crippen molar-refractivity contribution < 1.29 is 19.1 Å². The third-order valence-corrected chi connectivity index (χ3v) is 7.32. The molecule has 1 atom stereocenters.